The van der Waals surface area contributed by atoms with Gasteiger partial charge in [0.05, 0.1) is 11.4 Å². The summed E-state index contributed by atoms with van der Waals surface area (Å²) in [6, 6.07) is 7.60. The van der Waals surface area contributed by atoms with Crippen LogP contribution in [0.1, 0.15) is 25.8 Å². The number of rotatable bonds is 8. The van der Waals surface area contributed by atoms with E-state index in [-0.39, 0.29) is 5.75 Å². The summed E-state index contributed by atoms with van der Waals surface area (Å²) in [5, 5.41) is 3.13. The van der Waals surface area contributed by atoms with E-state index < -0.39 is 10.0 Å². The number of benzene rings is 1. The highest BCUT2D eigenvalue weighted by molar-refractivity contribution is 7.92. The molecule has 0 saturated carbocycles. The quantitative estimate of drug-likeness (QED) is 0.744. The second kappa shape index (κ2) is 7.50. The maximum Gasteiger partial charge on any atom is 0.236 e. The largest absolute Gasteiger partial charge is 0.316 e. The normalized spacial score (nSPS) is 11.5. The topological polar surface area (TPSA) is 49.4 Å². The molecule has 0 fully saturated rings. The molecule has 0 amide bonds. The Morgan fingerprint density at radius 2 is 1.95 bits per heavy atom. The molecule has 1 N–H and O–H groups in total. The molecule has 1 rings (SSSR count). The fourth-order valence-electron chi connectivity index (χ4n) is 1.94. The molecule has 0 saturated heterocycles. The third-order valence-corrected chi connectivity index (χ3v) is 4.74. The van der Waals surface area contributed by atoms with E-state index in [2.05, 4.69) is 12.2 Å². The van der Waals surface area contributed by atoms with Crippen molar-refractivity contribution >= 4 is 15.7 Å². The Morgan fingerprint density at radius 1 is 1.21 bits per heavy atom. The van der Waals surface area contributed by atoms with Crippen LogP contribution >= 0.6 is 0 Å². The van der Waals surface area contributed by atoms with Crippen molar-refractivity contribution in [2.75, 3.05) is 29.7 Å². The van der Waals surface area contributed by atoms with Crippen LogP contribution in [0.4, 0.5) is 5.69 Å². The molecule has 4 nitrogen and oxygen atoms in total. The maximum absolute atomic E-state index is 12.3. The van der Waals surface area contributed by atoms with Gasteiger partial charge in [-0.2, -0.15) is 0 Å². The van der Waals surface area contributed by atoms with Gasteiger partial charge in [-0.15, -0.1) is 0 Å². The molecule has 5 heteroatoms. The van der Waals surface area contributed by atoms with Gasteiger partial charge in [-0.05, 0) is 44.5 Å². The Labute approximate surface area is 116 Å². The van der Waals surface area contributed by atoms with E-state index >= 15 is 0 Å². The molecule has 0 spiro atoms. The van der Waals surface area contributed by atoms with Gasteiger partial charge in [-0.1, -0.05) is 19.1 Å². The molecule has 0 aromatic heterocycles. The number of hydrogen-bond acceptors (Lipinski definition) is 3. The van der Waals surface area contributed by atoms with Gasteiger partial charge < -0.3 is 5.32 Å². The summed E-state index contributed by atoms with van der Waals surface area (Å²) in [4.78, 5) is 0. The van der Waals surface area contributed by atoms with Crippen molar-refractivity contribution in [3.63, 3.8) is 0 Å². The van der Waals surface area contributed by atoms with Crippen LogP contribution in [-0.2, 0) is 10.0 Å². The van der Waals surface area contributed by atoms with Crippen molar-refractivity contribution < 1.29 is 8.42 Å². The van der Waals surface area contributed by atoms with Crippen molar-refractivity contribution in [3.8, 4) is 0 Å². The average Bonchev–Trinajstić information content (AvgIpc) is 2.35. The molecule has 0 radical (unpaired) electrons. The van der Waals surface area contributed by atoms with E-state index in [4.69, 9.17) is 0 Å². The predicted molar refractivity (Wildman–Crippen MR) is 81.1 cm³/mol. The minimum Gasteiger partial charge on any atom is -0.316 e. The second-order valence-electron chi connectivity index (χ2n) is 4.57. The summed E-state index contributed by atoms with van der Waals surface area (Å²) in [6.07, 6.45) is 1.01. The standard InChI is InChI=1S/C14H24N2O2S/c1-4-9-15-10-11-19(17,18)16(5-2)14-8-6-7-13(3)12-14/h6-8,12,15H,4-5,9-11H2,1-3H3. The first-order valence-corrected chi connectivity index (χ1v) is 8.40. The molecular weight excluding hydrogens is 260 g/mol. The summed E-state index contributed by atoms with van der Waals surface area (Å²) in [7, 11) is -3.25. The van der Waals surface area contributed by atoms with Crippen molar-refractivity contribution in [3.05, 3.63) is 29.8 Å². The third kappa shape index (κ3) is 4.84. The zero-order valence-electron chi connectivity index (χ0n) is 12.0. The molecule has 0 aliphatic carbocycles. The van der Waals surface area contributed by atoms with Crippen molar-refractivity contribution in [2.24, 2.45) is 0 Å². The first-order valence-electron chi connectivity index (χ1n) is 6.79. The van der Waals surface area contributed by atoms with Gasteiger partial charge in [0.2, 0.25) is 10.0 Å². The molecule has 0 heterocycles. The van der Waals surface area contributed by atoms with E-state index in [0.717, 1.165) is 24.2 Å². The van der Waals surface area contributed by atoms with E-state index in [1.165, 1.54) is 4.31 Å². The van der Waals surface area contributed by atoms with Crippen LogP contribution in [0.3, 0.4) is 0 Å². The average molecular weight is 284 g/mol. The Bertz CT molecular complexity index is 486. The Kier molecular flexibility index (Phi) is 6.31. The first-order chi connectivity index (χ1) is 9.01. The first kappa shape index (κ1) is 16.0. The number of nitrogens with one attached hydrogen (secondary N) is 1. The molecule has 1 aromatic carbocycles. The van der Waals surface area contributed by atoms with Crippen LogP contribution in [0.25, 0.3) is 0 Å². The van der Waals surface area contributed by atoms with Gasteiger partial charge in [0.15, 0.2) is 0 Å². The number of aryl methyl sites for hydroxylation is 1. The minimum absolute atomic E-state index is 0.134. The number of nitrogens with zero attached hydrogens (tertiary/aromatic N) is 1. The lowest BCUT2D eigenvalue weighted by Gasteiger charge is -2.23. The Morgan fingerprint density at radius 3 is 2.53 bits per heavy atom. The smallest absolute Gasteiger partial charge is 0.236 e. The van der Waals surface area contributed by atoms with Gasteiger partial charge in [0.25, 0.3) is 0 Å². The summed E-state index contributed by atoms with van der Waals surface area (Å²) in [5.74, 6) is 0.134. The van der Waals surface area contributed by atoms with Crippen LogP contribution < -0.4 is 9.62 Å². The lowest BCUT2D eigenvalue weighted by atomic mass is 10.2. The molecule has 0 atom stereocenters. The van der Waals surface area contributed by atoms with Gasteiger partial charge in [-0.25, -0.2) is 8.42 Å². The van der Waals surface area contributed by atoms with Crippen LogP contribution in [0, 0.1) is 6.92 Å². The molecular formula is C14H24N2O2S. The fourth-order valence-corrected chi connectivity index (χ4v) is 3.39. The van der Waals surface area contributed by atoms with E-state index in [9.17, 15) is 8.42 Å². The highest BCUT2D eigenvalue weighted by Gasteiger charge is 2.20. The zero-order chi connectivity index (χ0) is 14.3. The van der Waals surface area contributed by atoms with Gasteiger partial charge in [0.1, 0.15) is 0 Å². The molecule has 19 heavy (non-hydrogen) atoms. The predicted octanol–water partition coefficient (Wildman–Crippen LogP) is 2.15. The third-order valence-electron chi connectivity index (χ3n) is 2.88. The number of hydrogen-bond donors (Lipinski definition) is 1. The monoisotopic (exact) mass is 284 g/mol. The van der Waals surface area contributed by atoms with Crippen LogP contribution in [-0.4, -0.2) is 33.8 Å². The summed E-state index contributed by atoms with van der Waals surface area (Å²) in [6.45, 7) is 7.70. The highest BCUT2D eigenvalue weighted by Crippen LogP contribution is 2.19. The van der Waals surface area contributed by atoms with Gasteiger partial charge in [-0.3, -0.25) is 4.31 Å². The van der Waals surface area contributed by atoms with Crippen LogP contribution in [0.5, 0.6) is 0 Å². The Hall–Kier alpha value is -1.07. The zero-order valence-corrected chi connectivity index (χ0v) is 12.8. The summed E-state index contributed by atoms with van der Waals surface area (Å²) < 4.78 is 26.1. The summed E-state index contributed by atoms with van der Waals surface area (Å²) >= 11 is 0. The second-order valence-corrected chi connectivity index (χ2v) is 6.58. The fraction of sp³-hybridized carbons (Fsp3) is 0.571. The van der Waals surface area contributed by atoms with Crippen LogP contribution in [0.2, 0.25) is 0 Å². The van der Waals surface area contributed by atoms with Crippen molar-refractivity contribution in [2.45, 2.75) is 27.2 Å². The molecule has 108 valence electrons. The van der Waals surface area contributed by atoms with Crippen molar-refractivity contribution in [1.29, 1.82) is 0 Å². The SMILES string of the molecule is CCCNCCS(=O)(=O)N(CC)c1cccc(C)c1. The Balaban J connectivity index is 2.78. The molecule has 0 bridgehead atoms. The van der Waals surface area contributed by atoms with E-state index in [1.807, 2.05) is 38.1 Å². The van der Waals surface area contributed by atoms with Gasteiger partial charge >= 0.3 is 0 Å². The molecule has 0 unspecified atom stereocenters. The highest BCUT2D eigenvalue weighted by atomic mass is 32.2. The molecule has 1 aromatic rings. The number of anilines is 1. The minimum atomic E-state index is -3.25. The maximum atomic E-state index is 12.3. The lowest BCUT2D eigenvalue weighted by molar-refractivity contribution is 0.586. The molecule has 0 aliphatic heterocycles. The summed E-state index contributed by atoms with van der Waals surface area (Å²) in [5.41, 5.74) is 1.81. The lowest BCUT2D eigenvalue weighted by Crippen LogP contribution is -2.36. The molecule has 0 aliphatic rings. The van der Waals surface area contributed by atoms with Crippen LogP contribution in [0.15, 0.2) is 24.3 Å². The van der Waals surface area contributed by atoms with Crippen molar-refractivity contribution in [1.82, 2.24) is 5.32 Å². The van der Waals surface area contributed by atoms with E-state index in [1.54, 1.807) is 0 Å². The van der Waals surface area contributed by atoms with E-state index in [0.29, 0.717) is 13.1 Å². The number of sulfonamides is 1. The van der Waals surface area contributed by atoms with Gasteiger partial charge in [0, 0.05) is 13.1 Å².